The average molecular weight is 395 g/mol. The maximum Gasteiger partial charge on any atom is 0.247 e. The van der Waals surface area contributed by atoms with Gasteiger partial charge in [-0.05, 0) is 60.5 Å². The molecule has 2 atom stereocenters. The Labute approximate surface area is 167 Å². The number of halogens is 1. The lowest BCUT2D eigenvalue weighted by Gasteiger charge is -2.18. The second-order valence-corrected chi connectivity index (χ2v) is 6.76. The molecule has 1 amide bonds. The number of amides is 1. The van der Waals surface area contributed by atoms with Gasteiger partial charge in [-0.1, -0.05) is 30.7 Å². The molecular weight excluding hydrogens is 376 g/mol. The van der Waals surface area contributed by atoms with Gasteiger partial charge < -0.3 is 5.32 Å². The van der Waals surface area contributed by atoms with Crippen LogP contribution in [0.25, 0.3) is 11.4 Å². The molecule has 0 bridgehead atoms. The van der Waals surface area contributed by atoms with Crippen LogP contribution in [0.1, 0.15) is 43.5 Å². The third-order valence-electron chi connectivity index (χ3n) is 4.40. The first-order chi connectivity index (χ1) is 13.5. The van der Waals surface area contributed by atoms with Gasteiger partial charge in [0.25, 0.3) is 0 Å². The zero-order chi connectivity index (χ0) is 20.1. The van der Waals surface area contributed by atoms with Crippen LogP contribution >= 0.6 is 11.6 Å². The molecule has 0 spiro atoms. The van der Waals surface area contributed by atoms with Crippen LogP contribution in [0.2, 0.25) is 5.02 Å². The molecule has 8 heteroatoms. The van der Waals surface area contributed by atoms with Gasteiger partial charge in [0, 0.05) is 10.6 Å². The smallest absolute Gasteiger partial charge is 0.247 e. The van der Waals surface area contributed by atoms with Crippen LogP contribution in [0.5, 0.6) is 0 Å². The van der Waals surface area contributed by atoms with E-state index < -0.39 is 6.04 Å². The van der Waals surface area contributed by atoms with Gasteiger partial charge in [0.05, 0.1) is 17.7 Å². The van der Waals surface area contributed by atoms with Crippen molar-refractivity contribution in [2.45, 2.75) is 32.4 Å². The standard InChI is InChI=1S/C20H19ClN6O/c1-3-18(20(28)23-13(2)15-6-4-14(12-22)5-7-15)27-25-19(24-26-27)16-8-10-17(21)11-9-16/h4-11,13,18H,3H2,1-2H3,(H,23,28). The van der Waals surface area contributed by atoms with Crippen LogP contribution in [0.3, 0.4) is 0 Å². The molecule has 2 unspecified atom stereocenters. The van der Waals surface area contributed by atoms with Crippen LogP contribution in [0.15, 0.2) is 48.5 Å². The van der Waals surface area contributed by atoms with Crippen LogP contribution < -0.4 is 5.32 Å². The van der Waals surface area contributed by atoms with E-state index in [0.29, 0.717) is 22.8 Å². The normalized spacial score (nSPS) is 12.8. The van der Waals surface area contributed by atoms with Crippen molar-refractivity contribution in [3.8, 4) is 17.5 Å². The predicted octanol–water partition coefficient (Wildman–Crippen LogP) is 3.69. The molecule has 0 saturated carbocycles. The lowest BCUT2D eigenvalue weighted by Crippen LogP contribution is -2.35. The SMILES string of the molecule is CCC(C(=O)NC(C)c1ccc(C#N)cc1)n1nnc(-c2ccc(Cl)cc2)n1. The lowest BCUT2D eigenvalue weighted by atomic mass is 10.1. The molecule has 0 aliphatic carbocycles. The minimum atomic E-state index is -0.575. The molecule has 0 aliphatic rings. The fourth-order valence-corrected chi connectivity index (χ4v) is 2.89. The third-order valence-corrected chi connectivity index (χ3v) is 4.65. The zero-order valence-electron chi connectivity index (χ0n) is 15.5. The third kappa shape index (κ3) is 4.35. The Morgan fingerprint density at radius 1 is 1.21 bits per heavy atom. The molecule has 7 nitrogen and oxygen atoms in total. The molecular formula is C20H19ClN6O. The maximum atomic E-state index is 12.8. The van der Waals surface area contributed by atoms with Crippen molar-refractivity contribution in [2.24, 2.45) is 0 Å². The molecule has 0 radical (unpaired) electrons. The Hall–Kier alpha value is -3.24. The molecule has 28 heavy (non-hydrogen) atoms. The first-order valence-corrected chi connectivity index (χ1v) is 9.25. The van der Waals surface area contributed by atoms with Gasteiger partial charge in [0.2, 0.25) is 11.7 Å². The average Bonchev–Trinajstić information content (AvgIpc) is 3.18. The lowest BCUT2D eigenvalue weighted by molar-refractivity contribution is -0.125. The fraction of sp³-hybridized carbons (Fsp3) is 0.250. The van der Waals surface area contributed by atoms with E-state index in [0.717, 1.165) is 11.1 Å². The van der Waals surface area contributed by atoms with Gasteiger partial charge in [-0.15, -0.1) is 10.2 Å². The van der Waals surface area contributed by atoms with Crippen LogP contribution in [0.4, 0.5) is 0 Å². The van der Waals surface area contributed by atoms with E-state index in [1.54, 1.807) is 36.4 Å². The Bertz CT molecular complexity index is 991. The number of rotatable bonds is 6. The summed E-state index contributed by atoms with van der Waals surface area (Å²) in [6.07, 6.45) is 0.516. The first kappa shape index (κ1) is 19.5. The number of benzene rings is 2. The van der Waals surface area contributed by atoms with Gasteiger partial charge in [-0.2, -0.15) is 10.1 Å². The van der Waals surface area contributed by atoms with Gasteiger partial charge in [0.15, 0.2) is 6.04 Å². The second kappa shape index (κ2) is 8.63. The van der Waals surface area contributed by atoms with Crippen molar-refractivity contribution in [3.05, 3.63) is 64.7 Å². The molecule has 1 heterocycles. The molecule has 3 aromatic rings. The van der Waals surface area contributed by atoms with Gasteiger partial charge in [-0.3, -0.25) is 4.79 Å². The number of nitriles is 1. The van der Waals surface area contributed by atoms with E-state index >= 15 is 0 Å². The molecule has 0 fully saturated rings. The summed E-state index contributed by atoms with van der Waals surface area (Å²) in [4.78, 5) is 14.1. The molecule has 2 aromatic carbocycles. The molecule has 0 aliphatic heterocycles. The van der Waals surface area contributed by atoms with Gasteiger partial charge in [-0.25, -0.2) is 0 Å². The summed E-state index contributed by atoms with van der Waals surface area (Å²) in [6, 6.07) is 15.5. The van der Waals surface area contributed by atoms with Crippen molar-refractivity contribution in [1.29, 1.82) is 5.26 Å². The van der Waals surface area contributed by atoms with E-state index in [1.165, 1.54) is 4.80 Å². The summed E-state index contributed by atoms with van der Waals surface area (Å²) >= 11 is 5.90. The summed E-state index contributed by atoms with van der Waals surface area (Å²) in [7, 11) is 0. The van der Waals surface area contributed by atoms with Gasteiger partial charge >= 0.3 is 0 Å². The number of nitrogens with zero attached hydrogens (tertiary/aromatic N) is 5. The number of aromatic nitrogens is 4. The first-order valence-electron chi connectivity index (χ1n) is 8.87. The highest BCUT2D eigenvalue weighted by atomic mass is 35.5. The predicted molar refractivity (Wildman–Crippen MR) is 105 cm³/mol. The summed E-state index contributed by atoms with van der Waals surface area (Å²) in [6.45, 7) is 3.78. The van der Waals surface area contributed by atoms with Crippen molar-refractivity contribution < 1.29 is 4.79 Å². The molecule has 142 valence electrons. The highest BCUT2D eigenvalue weighted by molar-refractivity contribution is 6.30. The number of hydrogen-bond donors (Lipinski definition) is 1. The summed E-state index contributed by atoms with van der Waals surface area (Å²) in [5.74, 6) is 0.238. The maximum absolute atomic E-state index is 12.8. The summed E-state index contributed by atoms with van der Waals surface area (Å²) < 4.78 is 0. The van der Waals surface area contributed by atoms with Crippen molar-refractivity contribution in [1.82, 2.24) is 25.5 Å². The summed E-state index contributed by atoms with van der Waals surface area (Å²) in [5.41, 5.74) is 2.27. The Kier molecular flexibility index (Phi) is 6.02. The number of hydrogen-bond acceptors (Lipinski definition) is 5. The quantitative estimate of drug-likeness (QED) is 0.687. The van der Waals surface area contributed by atoms with Crippen LogP contribution in [-0.2, 0) is 4.79 Å². The zero-order valence-corrected chi connectivity index (χ0v) is 16.3. The Balaban J connectivity index is 1.72. The monoisotopic (exact) mass is 394 g/mol. The van der Waals surface area contributed by atoms with E-state index in [2.05, 4.69) is 26.8 Å². The van der Waals surface area contributed by atoms with Crippen LogP contribution in [-0.4, -0.2) is 26.1 Å². The largest absolute Gasteiger partial charge is 0.348 e. The van der Waals surface area contributed by atoms with E-state index in [9.17, 15) is 4.79 Å². The van der Waals surface area contributed by atoms with E-state index in [1.807, 2.05) is 26.0 Å². The fourth-order valence-electron chi connectivity index (χ4n) is 2.76. The van der Waals surface area contributed by atoms with E-state index in [-0.39, 0.29) is 11.9 Å². The Morgan fingerprint density at radius 3 is 2.50 bits per heavy atom. The van der Waals surface area contributed by atoms with Gasteiger partial charge in [0.1, 0.15) is 0 Å². The van der Waals surface area contributed by atoms with Crippen molar-refractivity contribution in [2.75, 3.05) is 0 Å². The van der Waals surface area contributed by atoms with Crippen molar-refractivity contribution in [3.63, 3.8) is 0 Å². The minimum absolute atomic E-state index is 0.195. The second-order valence-electron chi connectivity index (χ2n) is 6.33. The van der Waals surface area contributed by atoms with Crippen LogP contribution in [0, 0.1) is 11.3 Å². The number of carbonyl (C=O) groups excluding carboxylic acids is 1. The minimum Gasteiger partial charge on any atom is -0.348 e. The molecule has 1 N–H and O–H groups in total. The highest BCUT2D eigenvalue weighted by Crippen LogP contribution is 2.19. The molecule has 0 saturated heterocycles. The summed E-state index contributed by atoms with van der Waals surface area (Å²) in [5, 5.41) is 25.0. The Morgan fingerprint density at radius 2 is 1.89 bits per heavy atom. The molecule has 3 rings (SSSR count). The topological polar surface area (TPSA) is 96.5 Å². The molecule has 1 aromatic heterocycles. The number of nitrogens with one attached hydrogen (secondary N) is 1. The number of carbonyl (C=O) groups is 1. The van der Waals surface area contributed by atoms with Crippen molar-refractivity contribution >= 4 is 17.5 Å². The van der Waals surface area contributed by atoms with E-state index in [4.69, 9.17) is 16.9 Å². The highest BCUT2D eigenvalue weighted by Gasteiger charge is 2.23. The number of tetrazole rings is 1.